The minimum atomic E-state index is -0.0959. The predicted octanol–water partition coefficient (Wildman–Crippen LogP) is 1.02. The Bertz CT molecular complexity index is 582. The molecular weight excluding hydrogens is 298 g/mol. The van der Waals surface area contributed by atoms with Gasteiger partial charge in [-0.15, -0.1) is 0 Å². The summed E-state index contributed by atoms with van der Waals surface area (Å²) in [6, 6.07) is 0.151. The first-order valence-corrected chi connectivity index (χ1v) is 8.11. The number of carbonyl (C=O) groups excluding carboxylic acids is 1. The molecule has 7 heteroatoms. The molecule has 0 aromatic carbocycles. The van der Waals surface area contributed by atoms with Crippen LogP contribution in [0.4, 0.5) is 0 Å². The van der Waals surface area contributed by atoms with Crippen LogP contribution in [0.1, 0.15) is 41.7 Å². The maximum absolute atomic E-state index is 13.0. The standard InChI is InChI=1S/C16H25N3O4/c1-10-7-13-14(11(2)23-10)17-19(5-6-21-4)15(13)16(20)18(3)12-8-22-9-12/h10-12H,5-9H2,1-4H3/t10-,11+/m0/s1. The average molecular weight is 323 g/mol. The van der Waals surface area contributed by atoms with Crippen molar-refractivity contribution in [2.24, 2.45) is 0 Å². The van der Waals surface area contributed by atoms with Crippen LogP contribution in [0.3, 0.4) is 0 Å². The van der Waals surface area contributed by atoms with Gasteiger partial charge >= 0.3 is 0 Å². The van der Waals surface area contributed by atoms with Crippen LogP contribution in [0, 0.1) is 0 Å². The van der Waals surface area contributed by atoms with Crippen molar-refractivity contribution >= 4 is 5.91 Å². The first-order valence-electron chi connectivity index (χ1n) is 8.11. The predicted molar refractivity (Wildman–Crippen MR) is 83.5 cm³/mol. The number of hydrogen-bond acceptors (Lipinski definition) is 5. The van der Waals surface area contributed by atoms with Crippen LogP contribution < -0.4 is 0 Å². The number of amides is 1. The zero-order valence-electron chi connectivity index (χ0n) is 14.2. The summed E-state index contributed by atoms with van der Waals surface area (Å²) in [4.78, 5) is 14.8. The second-order valence-electron chi connectivity index (χ2n) is 6.33. The van der Waals surface area contributed by atoms with E-state index in [1.54, 1.807) is 16.7 Å². The van der Waals surface area contributed by atoms with Crippen molar-refractivity contribution in [1.82, 2.24) is 14.7 Å². The van der Waals surface area contributed by atoms with Gasteiger partial charge in [-0.1, -0.05) is 0 Å². The summed E-state index contributed by atoms with van der Waals surface area (Å²) in [6.07, 6.45) is 0.700. The van der Waals surface area contributed by atoms with Crippen molar-refractivity contribution in [3.63, 3.8) is 0 Å². The topological polar surface area (TPSA) is 65.8 Å². The van der Waals surface area contributed by atoms with E-state index in [9.17, 15) is 4.79 Å². The number of hydrogen-bond donors (Lipinski definition) is 0. The van der Waals surface area contributed by atoms with E-state index in [0.717, 1.165) is 11.3 Å². The second-order valence-corrected chi connectivity index (χ2v) is 6.33. The lowest BCUT2D eigenvalue weighted by Crippen LogP contribution is -2.50. The van der Waals surface area contributed by atoms with Crippen molar-refractivity contribution < 1.29 is 19.0 Å². The van der Waals surface area contributed by atoms with Gasteiger partial charge in [0.05, 0.1) is 50.3 Å². The lowest BCUT2D eigenvalue weighted by Gasteiger charge is -2.35. The number of aromatic nitrogens is 2. The van der Waals surface area contributed by atoms with Crippen LogP contribution in [-0.2, 0) is 27.2 Å². The third-order valence-corrected chi connectivity index (χ3v) is 4.59. The molecule has 0 unspecified atom stereocenters. The summed E-state index contributed by atoms with van der Waals surface area (Å²) < 4.78 is 18.0. The molecule has 3 rings (SSSR count). The van der Waals surface area contributed by atoms with Gasteiger partial charge in [-0.25, -0.2) is 0 Å². The molecule has 3 heterocycles. The fourth-order valence-corrected chi connectivity index (χ4v) is 3.15. The first-order chi connectivity index (χ1) is 11.0. The normalized spacial score (nSPS) is 24.2. The van der Waals surface area contributed by atoms with Gasteiger partial charge in [0.25, 0.3) is 5.91 Å². The Balaban J connectivity index is 1.96. The molecule has 1 amide bonds. The molecule has 1 aromatic heterocycles. The molecule has 1 saturated heterocycles. The van der Waals surface area contributed by atoms with E-state index in [0.29, 0.717) is 38.5 Å². The third kappa shape index (κ3) is 3.00. The highest BCUT2D eigenvalue weighted by Crippen LogP contribution is 2.32. The molecule has 0 spiro atoms. The first kappa shape index (κ1) is 16.4. The van der Waals surface area contributed by atoms with Crippen molar-refractivity contribution in [2.75, 3.05) is 34.0 Å². The zero-order valence-corrected chi connectivity index (χ0v) is 14.2. The molecule has 128 valence electrons. The summed E-state index contributed by atoms with van der Waals surface area (Å²) in [7, 11) is 3.48. The fourth-order valence-electron chi connectivity index (χ4n) is 3.15. The molecule has 2 aliphatic rings. The van der Waals surface area contributed by atoms with Gasteiger partial charge in [-0.3, -0.25) is 9.48 Å². The van der Waals surface area contributed by atoms with Crippen molar-refractivity contribution in [2.45, 2.75) is 45.1 Å². The number of nitrogens with zero attached hydrogens (tertiary/aromatic N) is 3. The van der Waals surface area contributed by atoms with Gasteiger partial charge < -0.3 is 19.1 Å². The van der Waals surface area contributed by atoms with Crippen LogP contribution in [-0.4, -0.2) is 66.7 Å². The van der Waals surface area contributed by atoms with Gasteiger partial charge in [0.1, 0.15) is 5.69 Å². The molecule has 0 bridgehead atoms. The molecular formula is C16H25N3O4. The van der Waals surface area contributed by atoms with Gasteiger partial charge in [0.2, 0.25) is 0 Å². The lowest BCUT2D eigenvalue weighted by molar-refractivity contribution is -0.0472. The Morgan fingerprint density at radius 3 is 2.78 bits per heavy atom. The van der Waals surface area contributed by atoms with Crippen LogP contribution in [0.25, 0.3) is 0 Å². The fraction of sp³-hybridized carbons (Fsp3) is 0.750. The number of ether oxygens (including phenoxy) is 3. The quantitative estimate of drug-likeness (QED) is 0.809. The van der Waals surface area contributed by atoms with E-state index < -0.39 is 0 Å². The monoisotopic (exact) mass is 323 g/mol. The SMILES string of the molecule is COCCn1nc2c(c1C(=O)N(C)C1COC1)C[C@H](C)O[C@@H]2C. The van der Waals surface area contributed by atoms with Crippen molar-refractivity contribution in [3.8, 4) is 0 Å². The van der Waals surface area contributed by atoms with Crippen LogP contribution in [0.5, 0.6) is 0 Å². The van der Waals surface area contributed by atoms with Gasteiger partial charge in [-0.2, -0.15) is 5.10 Å². The smallest absolute Gasteiger partial charge is 0.272 e. The summed E-state index contributed by atoms with van der Waals surface area (Å²) in [5, 5.41) is 4.64. The molecule has 23 heavy (non-hydrogen) atoms. The van der Waals surface area contributed by atoms with E-state index in [2.05, 4.69) is 5.10 Å². The van der Waals surface area contributed by atoms with Gasteiger partial charge in [0, 0.05) is 26.1 Å². The van der Waals surface area contributed by atoms with Gasteiger partial charge in [-0.05, 0) is 13.8 Å². The van der Waals surface area contributed by atoms with E-state index >= 15 is 0 Å². The molecule has 0 saturated carbocycles. The summed E-state index contributed by atoms with van der Waals surface area (Å²) in [5.74, 6) is 0.00412. The molecule has 1 aromatic rings. The molecule has 0 aliphatic carbocycles. The molecule has 2 atom stereocenters. The summed E-state index contributed by atoms with van der Waals surface area (Å²) >= 11 is 0. The van der Waals surface area contributed by atoms with E-state index in [1.807, 2.05) is 20.9 Å². The number of rotatable bonds is 5. The lowest BCUT2D eigenvalue weighted by atomic mass is 9.99. The summed E-state index contributed by atoms with van der Waals surface area (Å²) in [6.45, 7) is 6.30. The highest BCUT2D eigenvalue weighted by molar-refractivity contribution is 5.94. The molecule has 0 radical (unpaired) electrons. The Morgan fingerprint density at radius 2 is 2.17 bits per heavy atom. The minimum absolute atomic E-state index is 0.00412. The van der Waals surface area contributed by atoms with E-state index in [1.165, 1.54) is 0 Å². The Hall–Kier alpha value is -1.44. The summed E-state index contributed by atoms with van der Waals surface area (Å²) in [5.41, 5.74) is 2.57. The molecule has 0 N–H and O–H groups in total. The Kier molecular flexibility index (Phi) is 4.70. The van der Waals surface area contributed by atoms with E-state index in [4.69, 9.17) is 14.2 Å². The molecule has 7 nitrogen and oxygen atoms in total. The number of methoxy groups -OCH3 is 1. The second kappa shape index (κ2) is 6.59. The maximum atomic E-state index is 13.0. The minimum Gasteiger partial charge on any atom is -0.383 e. The van der Waals surface area contributed by atoms with Gasteiger partial charge in [0.15, 0.2) is 0 Å². The van der Waals surface area contributed by atoms with E-state index in [-0.39, 0.29) is 24.2 Å². The maximum Gasteiger partial charge on any atom is 0.272 e. The molecule has 1 fully saturated rings. The number of carbonyl (C=O) groups is 1. The van der Waals surface area contributed by atoms with Crippen LogP contribution in [0.15, 0.2) is 0 Å². The van der Waals surface area contributed by atoms with Crippen molar-refractivity contribution in [3.05, 3.63) is 17.0 Å². The largest absolute Gasteiger partial charge is 0.383 e. The number of fused-ring (bicyclic) bond motifs is 1. The number of likely N-dealkylation sites (N-methyl/N-ethyl adjacent to an activating group) is 1. The van der Waals surface area contributed by atoms with Crippen molar-refractivity contribution in [1.29, 1.82) is 0 Å². The van der Waals surface area contributed by atoms with Crippen LogP contribution in [0.2, 0.25) is 0 Å². The Morgan fingerprint density at radius 1 is 1.43 bits per heavy atom. The average Bonchev–Trinajstić information content (AvgIpc) is 2.81. The highest BCUT2D eigenvalue weighted by atomic mass is 16.5. The van der Waals surface area contributed by atoms with Crippen LogP contribution >= 0.6 is 0 Å². The highest BCUT2D eigenvalue weighted by Gasteiger charge is 2.35. The Labute approximate surface area is 136 Å². The zero-order chi connectivity index (χ0) is 16.6. The third-order valence-electron chi connectivity index (χ3n) is 4.59. The molecule has 2 aliphatic heterocycles.